The fourth-order valence-electron chi connectivity index (χ4n) is 1.43. The van der Waals surface area contributed by atoms with Crippen LogP contribution in [-0.4, -0.2) is 6.79 Å². The standard InChI is InChI=1S/C15H16O2.C2H6/c1-12-3-7-14(8-4-12)16-11-17-15-9-5-13(2)6-10-15;1-2/h3-10H,11H2,1-2H3;1-2H3. The molecule has 0 atom stereocenters. The predicted octanol–water partition coefficient (Wildman–Crippen LogP) is 4.74. The second kappa shape index (κ2) is 8.20. The van der Waals surface area contributed by atoms with Crippen molar-refractivity contribution in [2.24, 2.45) is 0 Å². The fourth-order valence-corrected chi connectivity index (χ4v) is 1.43. The number of rotatable bonds is 4. The van der Waals surface area contributed by atoms with Gasteiger partial charge in [-0.3, -0.25) is 0 Å². The van der Waals surface area contributed by atoms with Crippen molar-refractivity contribution in [2.45, 2.75) is 27.7 Å². The molecule has 0 heterocycles. The van der Waals surface area contributed by atoms with E-state index in [9.17, 15) is 0 Å². The number of aryl methyl sites for hydroxylation is 2. The molecule has 0 fully saturated rings. The normalized spacial score (nSPS) is 9.26. The van der Waals surface area contributed by atoms with E-state index in [1.54, 1.807) is 0 Å². The van der Waals surface area contributed by atoms with Crippen LogP contribution in [0.2, 0.25) is 0 Å². The Bertz CT molecular complexity index is 412. The Morgan fingerprint density at radius 2 is 0.947 bits per heavy atom. The molecule has 2 aromatic carbocycles. The largest absolute Gasteiger partial charge is 0.458 e. The van der Waals surface area contributed by atoms with Gasteiger partial charge in [-0.05, 0) is 38.1 Å². The Balaban J connectivity index is 0.000000861. The Morgan fingerprint density at radius 1 is 0.632 bits per heavy atom. The molecule has 2 aromatic rings. The molecule has 0 radical (unpaired) electrons. The number of hydrogen-bond donors (Lipinski definition) is 0. The molecular formula is C17H22O2. The second-order valence-electron chi connectivity index (χ2n) is 4.03. The van der Waals surface area contributed by atoms with Gasteiger partial charge in [-0.15, -0.1) is 0 Å². The predicted molar refractivity (Wildman–Crippen MR) is 79.8 cm³/mol. The Morgan fingerprint density at radius 3 is 1.26 bits per heavy atom. The molecule has 0 spiro atoms. The monoisotopic (exact) mass is 258 g/mol. The van der Waals surface area contributed by atoms with Crippen molar-refractivity contribution >= 4 is 0 Å². The molecule has 0 N–H and O–H groups in total. The first-order chi connectivity index (χ1) is 9.24. The molecule has 2 heteroatoms. The van der Waals surface area contributed by atoms with Gasteiger partial charge in [0.1, 0.15) is 11.5 Å². The molecule has 0 saturated carbocycles. The minimum absolute atomic E-state index is 0.228. The summed E-state index contributed by atoms with van der Waals surface area (Å²) in [6, 6.07) is 15.8. The van der Waals surface area contributed by atoms with E-state index in [0.29, 0.717) is 0 Å². The number of benzene rings is 2. The minimum Gasteiger partial charge on any atom is -0.458 e. The molecule has 0 aromatic heterocycles. The number of hydrogen-bond acceptors (Lipinski definition) is 2. The topological polar surface area (TPSA) is 18.5 Å². The maximum Gasteiger partial charge on any atom is 0.230 e. The molecule has 0 unspecified atom stereocenters. The van der Waals surface area contributed by atoms with Gasteiger partial charge in [0.05, 0.1) is 0 Å². The van der Waals surface area contributed by atoms with Crippen molar-refractivity contribution in [3.63, 3.8) is 0 Å². The van der Waals surface area contributed by atoms with Crippen LogP contribution in [-0.2, 0) is 0 Å². The second-order valence-corrected chi connectivity index (χ2v) is 4.03. The zero-order valence-corrected chi connectivity index (χ0v) is 12.1. The van der Waals surface area contributed by atoms with Crippen molar-refractivity contribution in [1.29, 1.82) is 0 Å². The third-order valence-corrected chi connectivity index (χ3v) is 2.49. The van der Waals surface area contributed by atoms with Crippen LogP contribution in [0.25, 0.3) is 0 Å². The number of ether oxygens (including phenoxy) is 2. The first-order valence-electron chi connectivity index (χ1n) is 6.63. The highest BCUT2D eigenvalue weighted by Gasteiger charge is 1.95. The van der Waals surface area contributed by atoms with Crippen LogP contribution in [0.15, 0.2) is 48.5 Å². The van der Waals surface area contributed by atoms with Gasteiger partial charge >= 0.3 is 0 Å². The van der Waals surface area contributed by atoms with E-state index in [4.69, 9.17) is 9.47 Å². The van der Waals surface area contributed by atoms with E-state index in [1.165, 1.54) is 11.1 Å². The lowest BCUT2D eigenvalue weighted by molar-refractivity contribution is 0.120. The third-order valence-electron chi connectivity index (χ3n) is 2.49. The maximum atomic E-state index is 5.47. The van der Waals surface area contributed by atoms with Crippen molar-refractivity contribution in [3.05, 3.63) is 59.7 Å². The zero-order chi connectivity index (χ0) is 14.1. The smallest absolute Gasteiger partial charge is 0.230 e. The Kier molecular flexibility index (Phi) is 6.51. The van der Waals surface area contributed by atoms with Crippen LogP contribution in [0.5, 0.6) is 11.5 Å². The molecule has 2 nitrogen and oxygen atoms in total. The average molecular weight is 258 g/mol. The summed E-state index contributed by atoms with van der Waals surface area (Å²) >= 11 is 0. The summed E-state index contributed by atoms with van der Waals surface area (Å²) in [5.41, 5.74) is 2.44. The van der Waals surface area contributed by atoms with E-state index in [-0.39, 0.29) is 6.79 Å². The summed E-state index contributed by atoms with van der Waals surface area (Å²) in [6.45, 7) is 8.32. The summed E-state index contributed by atoms with van der Waals surface area (Å²) in [7, 11) is 0. The van der Waals surface area contributed by atoms with Gasteiger partial charge in [-0.2, -0.15) is 0 Å². The van der Waals surface area contributed by atoms with Gasteiger partial charge in [0.2, 0.25) is 6.79 Å². The quantitative estimate of drug-likeness (QED) is 0.737. The van der Waals surface area contributed by atoms with Gasteiger partial charge in [0.25, 0.3) is 0 Å². The van der Waals surface area contributed by atoms with Crippen molar-refractivity contribution < 1.29 is 9.47 Å². The Hall–Kier alpha value is -1.96. The first-order valence-corrected chi connectivity index (χ1v) is 6.63. The van der Waals surface area contributed by atoms with Crippen molar-refractivity contribution in [3.8, 4) is 11.5 Å². The molecule has 0 bridgehead atoms. The van der Waals surface area contributed by atoms with E-state index < -0.39 is 0 Å². The van der Waals surface area contributed by atoms with E-state index in [2.05, 4.69) is 0 Å². The molecule has 0 aliphatic rings. The average Bonchev–Trinajstić information content (AvgIpc) is 2.45. The van der Waals surface area contributed by atoms with Crippen LogP contribution in [0, 0.1) is 13.8 Å². The summed E-state index contributed by atoms with van der Waals surface area (Å²) in [4.78, 5) is 0. The maximum absolute atomic E-state index is 5.47. The minimum atomic E-state index is 0.228. The van der Waals surface area contributed by atoms with Crippen molar-refractivity contribution in [1.82, 2.24) is 0 Å². The lowest BCUT2D eigenvalue weighted by atomic mass is 10.2. The summed E-state index contributed by atoms with van der Waals surface area (Å²) < 4.78 is 10.9. The molecule has 0 amide bonds. The highest BCUT2D eigenvalue weighted by molar-refractivity contribution is 5.27. The fraction of sp³-hybridized carbons (Fsp3) is 0.294. The Labute approximate surface area is 116 Å². The molecule has 0 saturated heterocycles. The molecular weight excluding hydrogens is 236 g/mol. The summed E-state index contributed by atoms with van der Waals surface area (Å²) in [5, 5.41) is 0. The van der Waals surface area contributed by atoms with Crippen LogP contribution in [0.3, 0.4) is 0 Å². The van der Waals surface area contributed by atoms with Gasteiger partial charge in [-0.25, -0.2) is 0 Å². The van der Waals surface area contributed by atoms with Gasteiger partial charge in [0, 0.05) is 0 Å². The van der Waals surface area contributed by atoms with E-state index in [1.807, 2.05) is 76.2 Å². The highest BCUT2D eigenvalue weighted by atomic mass is 16.7. The van der Waals surface area contributed by atoms with E-state index in [0.717, 1.165) is 11.5 Å². The van der Waals surface area contributed by atoms with Gasteiger partial charge < -0.3 is 9.47 Å². The molecule has 0 aliphatic carbocycles. The summed E-state index contributed by atoms with van der Waals surface area (Å²) in [6.07, 6.45) is 0. The first kappa shape index (κ1) is 15.1. The van der Waals surface area contributed by atoms with Gasteiger partial charge in [0.15, 0.2) is 0 Å². The van der Waals surface area contributed by atoms with Crippen LogP contribution >= 0.6 is 0 Å². The van der Waals surface area contributed by atoms with E-state index >= 15 is 0 Å². The SMILES string of the molecule is CC.Cc1ccc(OCOc2ccc(C)cc2)cc1. The van der Waals surface area contributed by atoms with Gasteiger partial charge in [-0.1, -0.05) is 49.2 Å². The summed E-state index contributed by atoms with van der Waals surface area (Å²) in [5.74, 6) is 1.64. The molecule has 19 heavy (non-hydrogen) atoms. The molecule has 102 valence electrons. The zero-order valence-electron chi connectivity index (χ0n) is 12.1. The highest BCUT2D eigenvalue weighted by Crippen LogP contribution is 2.14. The van der Waals surface area contributed by atoms with Crippen LogP contribution < -0.4 is 9.47 Å². The van der Waals surface area contributed by atoms with Crippen LogP contribution in [0.4, 0.5) is 0 Å². The third kappa shape index (κ3) is 5.47. The lowest BCUT2D eigenvalue weighted by Gasteiger charge is -2.08. The van der Waals surface area contributed by atoms with Crippen molar-refractivity contribution in [2.75, 3.05) is 6.79 Å². The molecule has 0 aliphatic heterocycles. The molecule has 2 rings (SSSR count). The lowest BCUT2D eigenvalue weighted by Crippen LogP contribution is -2.05. The van der Waals surface area contributed by atoms with Crippen LogP contribution in [0.1, 0.15) is 25.0 Å².